The molecule has 0 aliphatic carbocycles. The molecule has 1 aromatic heterocycles. The Hall–Kier alpha value is -3.59. The number of hydrogen-bond acceptors (Lipinski definition) is 6. The zero-order valence-electron chi connectivity index (χ0n) is 19.4. The van der Waals surface area contributed by atoms with Crippen LogP contribution in [-0.4, -0.2) is 52.8 Å². The topological polar surface area (TPSA) is 110 Å². The van der Waals surface area contributed by atoms with Crippen LogP contribution in [0.15, 0.2) is 54.9 Å². The summed E-state index contributed by atoms with van der Waals surface area (Å²) >= 11 is 6.19. The van der Waals surface area contributed by atoms with E-state index in [1.807, 2.05) is 44.2 Å². The number of methoxy groups -OCH3 is 1. The van der Waals surface area contributed by atoms with Gasteiger partial charge in [0.25, 0.3) is 5.91 Å². The molecule has 2 aromatic carbocycles. The Morgan fingerprint density at radius 2 is 1.82 bits per heavy atom. The molecule has 3 aromatic rings. The Morgan fingerprint density at radius 3 is 2.50 bits per heavy atom. The van der Waals surface area contributed by atoms with Crippen LogP contribution in [0.1, 0.15) is 30.9 Å². The van der Waals surface area contributed by atoms with Crippen LogP contribution in [0.4, 0.5) is 5.69 Å². The maximum absolute atomic E-state index is 12.8. The van der Waals surface area contributed by atoms with E-state index in [4.69, 9.17) is 16.3 Å². The van der Waals surface area contributed by atoms with E-state index in [0.29, 0.717) is 30.2 Å². The highest BCUT2D eigenvalue weighted by Crippen LogP contribution is 2.18. The molecule has 0 saturated heterocycles. The van der Waals surface area contributed by atoms with Crippen LogP contribution in [0.2, 0.25) is 5.02 Å². The fraction of sp³-hybridized carbons (Fsp3) is 0.333. The van der Waals surface area contributed by atoms with Crippen molar-refractivity contribution >= 4 is 29.1 Å². The standard InChI is InChI=1S/C24H29ClN6O3/c1-16(2)14-20(23(32)27-13-12-26-17-8-10-18(34-3)11-9-17)29-24(33)22-28-15-31(30-22)21-7-5-4-6-19(21)25/h4-11,15-16,20,26H,12-14H2,1-3H3,(H,27,32)(H,29,33)/t20-/m0/s1/i23+1. The number of nitrogens with zero attached hydrogens (tertiary/aromatic N) is 3. The van der Waals surface area contributed by atoms with Gasteiger partial charge in [-0.3, -0.25) is 9.59 Å². The van der Waals surface area contributed by atoms with Crippen molar-refractivity contribution < 1.29 is 14.3 Å². The summed E-state index contributed by atoms with van der Waals surface area (Å²) in [5.41, 5.74) is 1.53. The van der Waals surface area contributed by atoms with E-state index in [2.05, 4.69) is 26.0 Å². The number of ether oxygens (including phenoxy) is 1. The largest absolute Gasteiger partial charge is 0.497 e. The van der Waals surface area contributed by atoms with E-state index >= 15 is 0 Å². The number of hydrogen-bond donors (Lipinski definition) is 3. The Kier molecular flexibility index (Phi) is 8.86. The van der Waals surface area contributed by atoms with Gasteiger partial charge in [-0.05, 0) is 48.7 Å². The second kappa shape index (κ2) is 12.0. The summed E-state index contributed by atoms with van der Waals surface area (Å²) in [6.07, 6.45) is 1.90. The van der Waals surface area contributed by atoms with Crippen molar-refractivity contribution in [1.29, 1.82) is 0 Å². The number of para-hydroxylation sites is 1. The van der Waals surface area contributed by atoms with E-state index in [1.165, 1.54) is 11.0 Å². The molecule has 0 spiro atoms. The van der Waals surface area contributed by atoms with Gasteiger partial charge in [-0.25, -0.2) is 9.67 Å². The lowest BCUT2D eigenvalue weighted by molar-refractivity contribution is -0.123. The molecule has 180 valence electrons. The zero-order valence-corrected chi connectivity index (χ0v) is 20.2. The number of benzene rings is 2. The molecule has 0 fully saturated rings. The molecule has 0 saturated carbocycles. The normalized spacial score (nSPS) is 11.7. The van der Waals surface area contributed by atoms with Crippen LogP contribution in [0.3, 0.4) is 0 Å². The first kappa shape index (κ1) is 25.0. The van der Waals surface area contributed by atoms with Gasteiger partial charge in [0, 0.05) is 18.8 Å². The Balaban J connectivity index is 1.55. The first-order valence-corrected chi connectivity index (χ1v) is 11.4. The Morgan fingerprint density at radius 1 is 1.09 bits per heavy atom. The van der Waals surface area contributed by atoms with Gasteiger partial charge in [0.15, 0.2) is 0 Å². The number of aromatic nitrogens is 3. The smallest absolute Gasteiger partial charge is 0.291 e. The minimum atomic E-state index is -0.708. The van der Waals surface area contributed by atoms with E-state index in [0.717, 1.165) is 11.4 Å². The minimum Gasteiger partial charge on any atom is -0.497 e. The van der Waals surface area contributed by atoms with Gasteiger partial charge >= 0.3 is 0 Å². The van der Waals surface area contributed by atoms with Crippen LogP contribution in [-0.2, 0) is 4.79 Å². The molecule has 0 bridgehead atoms. The average molecular weight is 486 g/mol. The quantitative estimate of drug-likeness (QED) is 0.284. The molecule has 9 nitrogen and oxygen atoms in total. The average Bonchev–Trinajstić information content (AvgIpc) is 3.32. The summed E-state index contributed by atoms with van der Waals surface area (Å²) in [5, 5.41) is 13.6. The van der Waals surface area contributed by atoms with Crippen molar-refractivity contribution in [3.05, 3.63) is 65.7 Å². The summed E-state index contributed by atoms with van der Waals surface area (Å²) in [5.74, 6) is 0.147. The van der Waals surface area contributed by atoms with E-state index in [9.17, 15) is 9.59 Å². The van der Waals surface area contributed by atoms with Gasteiger partial charge in [-0.2, -0.15) is 0 Å². The van der Waals surface area contributed by atoms with Gasteiger partial charge in [-0.1, -0.05) is 37.6 Å². The molecule has 3 rings (SSSR count). The van der Waals surface area contributed by atoms with Crippen LogP contribution in [0.5, 0.6) is 5.75 Å². The van der Waals surface area contributed by atoms with Gasteiger partial charge < -0.3 is 20.7 Å². The lowest BCUT2D eigenvalue weighted by Crippen LogP contribution is -2.48. The monoisotopic (exact) mass is 485 g/mol. The lowest BCUT2D eigenvalue weighted by atomic mass is 10.1. The Bertz CT molecular complexity index is 1100. The molecule has 3 N–H and O–H groups in total. The highest BCUT2D eigenvalue weighted by Gasteiger charge is 2.24. The number of rotatable bonds is 11. The van der Waals surface area contributed by atoms with Crippen molar-refractivity contribution in [3.63, 3.8) is 0 Å². The number of carbonyl (C=O) groups excluding carboxylic acids is 2. The SMILES string of the molecule is COc1ccc(NCCN[13C](=O)[C@H](CC(C)C)NC(=O)c2ncn(-c3ccccc3Cl)n2)cc1. The van der Waals surface area contributed by atoms with E-state index in [1.54, 1.807) is 25.3 Å². The third kappa shape index (κ3) is 6.95. The highest BCUT2D eigenvalue weighted by atomic mass is 35.5. The van der Waals surface area contributed by atoms with Gasteiger partial charge in [0.1, 0.15) is 18.1 Å². The third-order valence-electron chi connectivity index (χ3n) is 4.97. The van der Waals surface area contributed by atoms with Gasteiger partial charge in [0.2, 0.25) is 11.7 Å². The fourth-order valence-corrected chi connectivity index (χ4v) is 3.49. The number of halogens is 1. The number of amides is 2. The number of nitrogens with one attached hydrogen (secondary N) is 3. The summed E-state index contributed by atoms with van der Waals surface area (Å²) in [4.78, 5) is 29.6. The van der Waals surface area contributed by atoms with Gasteiger partial charge in [0.05, 0.1) is 17.8 Å². The van der Waals surface area contributed by atoms with Crippen LogP contribution in [0.25, 0.3) is 5.69 Å². The van der Waals surface area contributed by atoms with Crippen LogP contribution < -0.4 is 20.7 Å². The highest BCUT2D eigenvalue weighted by molar-refractivity contribution is 6.32. The first-order valence-electron chi connectivity index (χ1n) is 11.0. The summed E-state index contributed by atoms with van der Waals surface area (Å²) < 4.78 is 6.57. The number of anilines is 1. The molecule has 10 heteroatoms. The van der Waals surface area contributed by atoms with Crippen LogP contribution >= 0.6 is 11.6 Å². The van der Waals surface area contributed by atoms with Gasteiger partial charge in [-0.15, -0.1) is 5.10 Å². The van der Waals surface area contributed by atoms with Crippen molar-refractivity contribution in [2.45, 2.75) is 26.3 Å². The molecular weight excluding hydrogens is 457 g/mol. The van der Waals surface area contributed by atoms with E-state index < -0.39 is 11.9 Å². The molecule has 0 radical (unpaired) electrons. The molecule has 0 unspecified atom stereocenters. The molecule has 1 heterocycles. The lowest BCUT2D eigenvalue weighted by Gasteiger charge is -2.19. The number of carbonyl (C=O) groups is 2. The van der Waals surface area contributed by atoms with E-state index in [-0.39, 0.29) is 17.6 Å². The molecule has 0 aliphatic rings. The molecule has 1 atom stereocenters. The predicted octanol–water partition coefficient (Wildman–Crippen LogP) is 3.30. The first-order chi connectivity index (χ1) is 16.4. The summed E-state index contributed by atoms with van der Waals surface area (Å²) in [6, 6.07) is 13.9. The van der Waals surface area contributed by atoms with Crippen molar-refractivity contribution in [2.24, 2.45) is 5.92 Å². The molecular formula is C24H29ClN6O3. The maximum Gasteiger partial charge on any atom is 0.291 e. The van der Waals surface area contributed by atoms with Crippen molar-refractivity contribution in [2.75, 3.05) is 25.5 Å². The Labute approximate surface area is 203 Å². The second-order valence-electron chi connectivity index (χ2n) is 8.07. The summed E-state index contributed by atoms with van der Waals surface area (Å²) in [7, 11) is 1.62. The second-order valence-corrected chi connectivity index (χ2v) is 8.47. The zero-order chi connectivity index (χ0) is 24.5. The molecule has 2 amide bonds. The minimum absolute atomic E-state index is 0.0392. The molecule has 0 aliphatic heterocycles. The predicted molar refractivity (Wildman–Crippen MR) is 132 cm³/mol. The third-order valence-corrected chi connectivity index (χ3v) is 5.29. The van der Waals surface area contributed by atoms with Crippen LogP contribution in [0, 0.1) is 5.92 Å². The molecule has 34 heavy (non-hydrogen) atoms. The van der Waals surface area contributed by atoms with Crippen molar-refractivity contribution in [3.8, 4) is 11.4 Å². The maximum atomic E-state index is 12.8. The van der Waals surface area contributed by atoms with Crippen molar-refractivity contribution in [1.82, 2.24) is 25.4 Å². The fourth-order valence-electron chi connectivity index (χ4n) is 3.27. The summed E-state index contributed by atoms with van der Waals surface area (Å²) in [6.45, 7) is 4.91.